The van der Waals surface area contributed by atoms with E-state index < -0.39 is 6.04 Å². The summed E-state index contributed by atoms with van der Waals surface area (Å²) in [5.41, 5.74) is 3.08. The molecule has 166 valence electrons. The van der Waals surface area contributed by atoms with Crippen LogP contribution in [0.2, 0.25) is 5.02 Å². The van der Waals surface area contributed by atoms with E-state index in [0.29, 0.717) is 18.0 Å². The van der Waals surface area contributed by atoms with Crippen molar-refractivity contribution < 1.29 is 9.59 Å². The van der Waals surface area contributed by atoms with Gasteiger partial charge in [0.15, 0.2) is 0 Å². The molecule has 0 saturated carbocycles. The molecule has 2 amide bonds. The van der Waals surface area contributed by atoms with Crippen molar-refractivity contribution in [2.75, 3.05) is 7.05 Å². The van der Waals surface area contributed by atoms with Gasteiger partial charge in [0.2, 0.25) is 11.8 Å². The Labute approximate surface area is 195 Å². The number of nitrogens with one attached hydrogen (secondary N) is 1. The molecule has 0 fully saturated rings. The van der Waals surface area contributed by atoms with Gasteiger partial charge in [0.05, 0.1) is 0 Å². The van der Waals surface area contributed by atoms with Crippen molar-refractivity contribution >= 4 is 23.4 Å². The molecule has 0 heterocycles. The number of hydrogen-bond acceptors (Lipinski definition) is 2. The second-order valence-electron chi connectivity index (χ2n) is 7.76. The highest BCUT2D eigenvalue weighted by Gasteiger charge is 2.30. The van der Waals surface area contributed by atoms with Gasteiger partial charge >= 0.3 is 0 Å². The maximum absolute atomic E-state index is 13.7. The fourth-order valence-corrected chi connectivity index (χ4v) is 4.09. The Morgan fingerprint density at radius 3 is 1.88 bits per heavy atom. The van der Waals surface area contributed by atoms with Crippen LogP contribution in [0.5, 0.6) is 0 Å². The van der Waals surface area contributed by atoms with Gasteiger partial charge in [0.25, 0.3) is 0 Å². The van der Waals surface area contributed by atoms with Gasteiger partial charge in [0.1, 0.15) is 6.04 Å². The van der Waals surface area contributed by atoms with E-state index in [-0.39, 0.29) is 24.2 Å². The molecular formula is C27H29ClN2O2. The molecule has 1 N–H and O–H groups in total. The molecule has 1 atom stereocenters. The number of carbonyl (C=O) groups is 2. The summed E-state index contributed by atoms with van der Waals surface area (Å²) < 4.78 is 0. The van der Waals surface area contributed by atoms with Crippen molar-refractivity contribution in [1.82, 2.24) is 10.2 Å². The third kappa shape index (κ3) is 5.98. The van der Waals surface area contributed by atoms with Crippen LogP contribution in [0.25, 0.3) is 0 Å². The van der Waals surface area contributed by atoms with Gasteiger partial charge in [-0.05, 0) is 35.2 Å². The molecule has 3 rings (SSSR count). The third-order valence-corrected chi connectivity index (χ3v) is 5.93. The van der Waals surface area contributed by atoms with Gasteiger partial charge < -0.3 is 10.2 Å². The topological polar surface area (TPSA) is 49.4 Å². The Morgan fingerprint density at radius 2 is 1.41 bits per heavy atom. The van der Waals surface area contributed by atoms with Crippen molar-refractivity contribution in [2.45, 2.75) is 38.3 Å². The van der Waals surface area contributed by atoms with Gasteiger partial charge in [-0.2, -0.15) is 0 Å². The zero-order chi connectivity index (χ0) is 22.9. The largest absolute Gasteiger partial charge is 0.357 e. The van der Waals surface area contributed by atoms with E-state index in [0.717, 1.165) is 16.7 Å². The highest BCUT2D eigenvalue weighted by atomic mass is 35.5. The Bertz CT molecular complexity index is 967. The fraction of sp³-hybridized carbons (Fsp3) is 0.259. The second-order valence-corrected chi connectivity index (χ2v) is 8.20. The number of benzene rings is 3. The highest BCUT2D eigenvalue weighted by molar-refractivity contribution is 6.30. The summed E-state index contributed by atoms with van der Waals surface area (Å²) in [6.07, 6.45) is 0.801. The quantitative estimate of drug-likeness (QED) is 0.475. The SMILES string of the molecule is CCC(C(=O)NC)N(Cc1ccc(Cl)cc1)C(=O)CC(c1ccccc1)c1ccccc1. The van der Waals surface area contributed by atoms with Crippen LogP contribution < -0.4 is 5.32 Å². The van der Waals surface area contributed by atoms with Crippen molar-refractivity contribution in [3.8, 4) is 0 Å². The monoisotopic (exact) mass is 448 g/mol. The number of carbonyl (C=O) groups excluding carboxylic acids is 2. The van der Waals surface area contributed by atoms with Crippen molar-refractivity contribution in [1.29, 1.82) is 0 Å². The second kappa shape index (κ2) is 11.5. The predicted octanol–water partition coefficient (Wildman–Crippen LogP) is 5.42. The smallest absolute Gasteiger partial charge is 0.242 e. The summed E-state index contributed by atoms with van der Waals surface area (Å²) in [6, 6.07) is 26.9. The lowest BCUT2D eigenvalue weighted by Crippen LogP contribution is -2.48. The van der Waals surface area contributed by atoms with Gasteiger partial charge in [-0.1, -0.05) is 91.3 Å². The molecule has 3 aromatic carbocycles. The molecule has 0 aromatic heterocycles. The number of amides is 2. The van der Waals surface area contributed by atoms with E-state index in [4.69, 9.17) is 11.6 Å². The Morgan fingerprint density at radius 1 is 0.875 bits per heavy atom. The van der Waals surface area contributed by atoms with E-state index >= 15 is 0 Å². The summed E-state index contributed by atoms with van der Waals surface area (Å²) in [4.78, 5) is 28.0. The molecular weight excluding hydrogens is 420 g/mol. The van der Waals surface area contributed by atoms with Gasteiger partial charge in [-0.15, -0.1) is 0 Å². The average molecular weight is 449 g/mol. The first kappa shape index (κ1) is 23.6. The normalized spacial score (nSPS) is 11.8. The first-order valence-electron chi connectivity index (χ1n) is 10.9. The molecule has 0 bridgehead atoms. The Hall–Kier alpha value is -3.11. The maximum Gasteiger partial charge on any atom is 0.242 e. The molecule has 32 heavy (non-hydrogen) atoms. The minimum atomic E-state index is -0.546. The van der Waals surface area contributed by atoms with Gasteiger partial charge in [0, 0.05) is 31.0 Å². The molecule has 0 spiro atoms. The molecule has 0 aliphatic heterocycles. The van der Waals surface area contributed by atoms with Crippen LogP contribution in [0, 0.1) is 0 Å². The van der Waals surface area contributed by atoms with E-state index in [1.54, 1.807) is 24.1 Å². The van der Waals surface area contributed by atoms with Gasteiger partial charge in [-0.25, -0.2) is 0 Å². The lowest BCUT2D eigenvalue weighted by atomic mass is 9.88. The standard InChI is InChI=1S/C27H29ClN2O2/c1-3-25(27(32)29-2)30(19-20-14-16-23(28)17-15-20)26(31)18-24(21-10-6-4-7-11-21)22-12-8-5-9-13-22/h4-17,24-25H,3,18-19H2,1-2H3,(H,29,32). The lowest BCUT2D eigenvalue weighted by Gasteiger charge is -2.32. The zero-order valence-electron chi connectivity index (χ0n) is 18.5. The van der Waals surface area contributed by atoms with Crippen LogP contribution in [0.4, 0.5) is 0 Å². The highest BCUT2D eigenvalue weighted by Crippen LogP contribution is 2.29. The van der Waals surface area contributed by atoms with E-state index in [1.807, 2.05) is 79.7 Å². The molecule has 5 heteroatoms. The van der Waals surface area contributed by atoms with Crippen LogP contribution in [-0.2, 0) is 16.1 Å². The first-order chi connectivity index (χ1) is 15.5. The van der Waals surface area contributed by atoms with E-state index in [2.05, 4.69) is 5.32 Å². The van der Waals surface area contributed by atoms with Gasteiger partial charge in [-0.3, -0.25) is 9.59 Å². The molecule has 0 saturated heterocycles. The van der Waals surface area contributed by atoms with Crippen LogP contribution in [-0.4, -0.2) is 29.8 Å². The van der Waals surface area contributed by atoms with Crippen LogP contribution in [0.15, 0.2) is 84.9 Å². The number of nitrogens with zero attached hydrogens (tertiary/aromatic N) is 1. The maximum atomic E-state index is 13.7. The summed E-state index contributed by atoms with van der Waals surface area (Å²) >= 11 is 6.03. The van der Waals surface area contributed by atoms with Crippen molar-refractivity contribution in [3.05, 3.63) is 107 Å². The number of halogens is 1. The lowest BCUT2D eigenvalue weighted by molar-refractivity contribution is -0.141. The minimum Gasteiger partial charge on any atom is -0.357 e. The van der Waals surface area contributed by atoms with Crippen molar-refractivity contribution in [3.63, 3.8) is 0 Å². The molecule has 0 radical (unpaired) electrons. The average Bonchev–Trinajstić information content (AvgIpc) is 2.84. The molecule has 0 aliphatic rings. The summed E-state index contributed by atoms with van der Waals surface area (Å²) in [5, 5.41) is 3.35. The Kier molecular flexibility index (Phi) is 8.46. The van der Waals surface area contributed by atoms with E-state index in [9.17, 15) is 9.59 Å². The third-order valence-electron chi connectivity index (χ3n) is 5.68. The zero-order valence-corrected chi connectivity index (χ0v) is 19.3. The number of likely N-dealkylation sites (N-methyl/N-ethyl adjacent to an activating group) is 1. The number of rotatable bonds is 9. The summed E-state index contributed by atoms with van der Waals surface area (Å²) in [6.45, 7) is 2.27. The molecule has 3 aromatic rings. The van der Waals surface area contributed by atoms with Crippen LogP contribution >= 0.6 is 11.6 Å². The molecule has 0 aliphatic carbocycles. The fourth-order valence-electron chi connectivity index (χ4n) is 3.96. The van der Waals surface area contributed by atoms with Crippen molar-refractivity contribution in [2.24, 2.45) is 0 Å². The Balaban J connectivity index is 1.94. The first-order valence-corrected chi connectivity index (χ1v) is 11.3. The minimum absolute atomic E-state index is 0.0619. The predicted molar refractivity (Wildman–Crippen MR) is 129 cm³/mol. The molecule has 4 nitrogen and oxygen atoms in total. The number of hydrogen-bond donors (Lipinski definition) is 1. The van der Waals surface area contributed by atoms with Crippen LogP contribution in [0.3, 0.4) is 0 Å². The summed E-state index contributed by atoms with van der Waals surface area (Å²) in [7, 11) is 1.60. The molecule has 1 unspecified atom stereocenters. The van der Waals surface area contributed by atoms with E-state index in [1.165, 1.54) is 0 Å². The summed E-state index contributed by atoms with van der Waals surface area (Å²) in [5.74, 6) is -0.321. The van der Waals surface area contributed by atoms with Crippen LogP contribution in [0.1, 0.15) is 42.4 Å².